The lowest BCUT2D eigenvalue weighted by molar-refractivity contribution is -0.120. The Labute approximate surface area is 198 Å². The van der Waals surface area contributed by atoms with Gasteiger partial charge in [0.1, 0.15) is 17.4 Å². The van der Waals surface area contributed by atoms with Crippen LogP contribution in [0.5, 0.6) is 5.75 Å². The molecule has 1 aliphatic rings. The first-order valence-electron chi connectivity index (χ1n) is 11.2. The van der Waals surface area contributed by atoms with Gasteiger partial charge in [-0.2, -0.15) is 0 Å². The molecule has 1 saturated heterocycles. The van der Waals surface area contributed by atoms with E-state index in [1.54, 1.807) is 43.6 Å². The highest BCUT2D eigenvalue weighted by Crippen LogP contribution is 2.26. The highest BCUT2D eigenvalue weighted by molar-refractivity contribution is 6.05. The zero-order valence-electron chi connectivity index (χ0n) is 19.2. The first-order valence-corrected chi connectivity index (χ1v) is 11.2. The van der Waals surface area contributed by atoms with E-state index in [9.17, 15) is 14.0 Å². The molecule has 4 rings (SSSR count). The van der Waals surface area contributed by atoms with E-state index in [4.69, 9.17) is 4.74 Å². The van der Waals surface area contributed by atoms with Crippen LogP contribution in [0.25, 0.3) is 0 Å². The number of ether oxygens (including phenoxy) is 1. The van der Waals surface area contributed by atoms with Gasteiger partial charge in [-0.15, -0.1) is 0 Å². The van der Waals surface area contributed by atoms with E-state index in [2.05, 4.69) is 20.5 Å². The summed E-state index contributed by atoms with van der Waals surface area (Å²) in [5.74, 6) is 0.359. The van der Waals surface area contributed by atoms with Gasteiger partial charge in [-0.1, -0.05) is 18.2 Å². The molecule has 0 aliphatic carbocycles. The van der Waals surface area contributed by atoms with Crippen LogP contribution in [-0.4, -0.2) is 37.0 Å². The van der Waals surface area contributed by atoms with Crippen molar-refractivity contribution < 1.29 is 18.7 Å². The van der Waals surface area contributed by atoms with E-state index < -0.39 is 0 Å². The van der Waals surface area contributed by atoms with Gasteiger partial charge in [0.15, 0.2) is 0 Å². The lowest BCUT2D eigenvalue weighted by atomic mass is 9.95. The molecule has 8 heteroatoms. The lowest BCUT2D eigenvalue weighted by Gasteiger charge is -2.32. The van der Waals surface area contributed by atoms with Crippen molar-refractivity contribution in [3.63, 3.8) is 0 Å². The molecule has 0 radical (unpaired) electrons. The third kappa shape index (κ3) is 5.33. The van der Waals surface area contributed by atoms with E-state index in [1.165, 1.54) is 12.1 Å². The van der Waals surface area contributed by atoms with Gasteiger partial charge in [-0.3, -0.25) is 9.59 Å². The number of pyridine rings is 1. The first kappa shape index (κ1) is 23.2. The number of halogens is 1. The molecule has 7 nitrogen and oxygen atoms in total. The summed E-state index contributed by atoms with van der Waals surface area (Å²) < 4.78 is 18.8. The second kappa shape index (κ2) is 10.3. The Morgan fingerprint density at radius 3 is 2.56 bits per heavy atom. The van der Waals surface area contributed by atoms with Gasteiger partial charge < -0.3 is 20.3 Å². The third-order valence-corrected chi connectivity index (χ3v) is 6.01. The fourth-order valence-electron chi connectivity index (χ4n) is 4.01. The molecule has 3 aromatic rings. The fourth-order valence-corrected chi connectivity index (χ4v) is 4.01. The van der Waals surface area contributed by atoms with Crippen LogP contribution >= 0.6 is 0 Å². The molecular weight excluding hydrogens is 435 g/mol. The summed E-state index contributed by atoms with van der Waals surface area (Å²) in [6.45, 7) is 3.09. The van der Waals surface area contributed by atoms with Gasteiger partial charge in [0, 0.05) is 36.5 Å². The minimum absolute atomic E-state index is 0.105. The topological polar surface area (TPSA) is 83.6 Å². The number of piperidine rings is 1. The van der Waals surface area contributed by atoms with Gasteiger partial charge in [-0.05, 0) is 61.7 Å². The van der Waals surface area contributed by atoms with Crippen LogP contribution in [0.15, 0.2) is 60.8 Å². The number of hydrogen-bond donors (Lipinski definition) is 2. The summed E-state index contributed by atoms with van der Waals surface area (Å²) in [5.41, 5.74) is 2.40. The van der Waals surface area contributed by atoms with E-state index in [0.717, 1.165) is 5.56 Å². The van der Waals surface area contributed by atoms with Crippen LogP contribution in [0.2, 0.25) is 0 Å². The number of nitrogens with zero attached hydrogens (tertiary/aromatic N) is 2. The molecule has 1 aromatic heterocycles. The van der Waals surface area contributed by atoms with E-state index in [1.807, 2.05) is 19.1 Å². The van der Waals surface area contributed by atoms with Crippen molar-refractivity contribution in [3.8, 4) is 5.75 Å². The van der Waals surface area contributed by atoms with Crippen molar-refractivity contribution in [2.45, 2.75) is 19.8 Å². The molecular formula is C26H27FN4O3. The van der Waals surface area contributed by atoms with Crippen molar-refractivity contribution in [2.24, 2.45) is 5.92 Å². The monoisotopic (exact) mass is 462 g/mol. The lowest BCUT2D eigenvalue weighted by Crippen LogP contribution is -2.38. The van der Waals surface area contributed by atoms with E-state index in [0.29, 0.717) is 54.4 Å². The van der Waals surface area contributed by atoms with E-state index in [-0.39, 0.29) is 23.5 Å². The molecule has 1 fully saturated rings. The smallest absolute Gasteiger partial charge is 0.255 e. The average Bonchev–Trinajstić information content (AvgIpc) is 2.86. The summed E-state index contributed by atoms with van der Waals surface area (Å²) in [5, 5.41) is 5.73. The Bertz CT molecular complexity index is 1190. The number of carbonyl (C=O) groups excluding carboxylic acids is 2. The van der Waals surface area contributed by atoms with Gasteiger partial charge in [-0.25, -0.2) is 9.37 Å². The normalized spacial score (nSPS) is 13.9. The van der Waals surface area contributed by atoms with Crippen LogP contribution in [0.3, 0.4) is 0 Å². The second-order valence-electron chi connectivity index (χ2n) is 8.27. The fraction of sp³-hybridized carbons (Fsp3) is 0.269. The summed E-state index contributed by atoms with van der Waals surface area (Å²) in [6, 6.07) is 15.0. The molecule has 0 bridgehead atoms. The van der Waals surface area contributed by atoms with Crippen molar-refractivity contribution in [1.82, 2.24) is 4.98 Å². The minimum atomic E-state index is -0.378. The van der Waals surface area contributed by atoms with E-state index >= 15 is 0 Å². The Hall–Kier alpha value is -3.94. The number of para-hydroxylation sites is 2. The predicted molar refractivity (Wildman–Crippen MR) is 130 cm³/mol. The summed E-state index contributed by atoms with van der Waals surface area (Å²) in [6.07, 6.45) is 2.89. The number of methoxy groups -OCH3 is 1. The Morgan fingerprint density at radius 2 is 1.79 bits per heavy atom. The highest BCUT2D eigenvalue weighted by atomic mass is 19.1. The van der Waals surface area contributed by atoms with Crippen LogP contribution < -0.4 is 20.3 Å². The second-order valence-corrected chi connectivity index (χ2v) is 8.27. The molecule has 0 saturated carbocycles. The maximum atomic E-state index is 13.5. The SMILES string of the molecule is COc1ccccc1NC(=O)c1ccnc(N2CCC(C(=O)Nc3cc(F)ccc3C)CC2)c1. The minimum Gasteiger partial charge on any atom is -0.495 e. The summed E-state index contributed by atoms with van der Waals surface area (Å²) in [7, 11) is 1.55. The van der Waals surface area contributed by atoms with Crippen LogP contribution in [0.4, 0.5) is 21.6 Å². The first-order chi connectivity index (χ1) is 16.4. The maximum absolute atomic E-state index is 13.5. The van der Waals surface area contributed by atoms with Crippen LogP contribution in [0.1, 0.15) is 28.8 Å². The summed E-state index contributed by atoms with van der Waals surface area (Å²) >= 11 is 0. The third-order valence-electron chi connectivity index (χ3n) is 6.01. The number of aryl methyl sites for hydroxylation is 1. The molecule has 0 unspecified atom stereocenters. The zero-order valence-corrected chi connectivity index (χ0v) is 19.2. The molecule has 34 heavy (non-hydrogen) atoms. The number of hydrogen-bond acceptors (Lipinski definition) is 5. The van der Waals surface area contributed by atoms with Crippen molar-refractivity contribution in [2.75, 3.05) is 35.7 Å². The Morgan fingerprint density at radius 1 is 1.03 bits per heavy atom. The molecule has 1 aliphatic heterocycles. The highest BCUT2D eigenvalue weighted by Gasteiger charge is 2.26. The number of carbonyl (C=O) groups is 2. The van der Waals surface area contributed by atoms with Crippen molar-refractivity contribution in [3.05, 3.63) is 77.7 Å². The van der Waals surface area contributed by atoms with Gasteiger partial charge in [0.25, 0.3) is 5.91 Å². The maximum Gasteiger partial charge on any atom is 0.255 e. The number of amides is 2. The summed E-state index contributed by atoms with van der Waals surface area (Å²) in [4.78, 5) is 32.0. The van der Waals surface area contributed by atoms with Gasteiger partial charge >= 0.3 is 0 Å². The number of nitrogens with one attached hydrogen (secondary N) is 2. The zero-order chi connectivity index (χ0) is 24.1. The number of rotatable bonds is 6. The number of benzene rings is 2. The quantitative estimate of drug-likeness (QED) is 0.557. The number of aromatic nitrogens is 1. The molecule has 2 aromatic carbocycles. The molecule has 176 valence electrons. The largest absolute Gasteiger partial charge is 0.495 e. The Kier molecular flexibility index (Phi) is 7.06. The predicted octanol–water partition coefficient (Wildman–Crippen LogP) is 4.65. The van der Waals surface area contributed by atoms with Gasteiger partial charge in [0.05, 0.1) is 12.8 Å². The number of anilines is 3. The van der Waals surface area contributed by atoms with Crippen molar-refractivity contribution in [1.29, 1.82) is 0 Å². The molecule has 2 amide bonds. The van der Waals surface area contributed by atoms with Crippen LogP contribution in [-0.2, 0) is 4.79 Å². The van der Waals surface area contributed by atoms with Crippen molar-refractivity contribution >= 4 is 29.0 Å². The average molecular weight is 463 g/mol. The van der Waals surface area contributed by atoms with Gasteiger partial charge in [0.2, 0.25) is 5.91 Å². The molecule has 0 atom stereocenters. The molecule has 2 N–H and O–H groups in total. The molecule has 0 spiro atoms. The Balaban J connectivity index is 1.37. The molecule has 2 heterocycles. The van der Waals surface area contributed by atoms with Crippen LogP contribution in [0, 0.1) is 18.7 Å². The standard InChI is InChI=1S/C26H27FN4O3/c1-17-7-8-20(27)16-22(17)30-25(32)18-10-13-31(14-11-18)24-15-19(9-12-28-24)26(33)29-21-5-3-4-6-23(21)34-2/h3-9,12,15-16,18H,10-11,13-14H2,1-2H3,(H,29,33)(H,30,32).